The Morgan fingerprint density at radius 1 is 1.50 bits per heavy atom. The van der Waals surface area contributed by atoms with Crippen molar-refractivity contribution in [3.8, 4) is 5.75 Å². The van der Waals surface area contributed by atoms with Gasteiger partial charge in [-0.25, -0.2) is 0 Å². The van der Waals surface area contributed by atoms with Crippen molar-refractivity contribution in [2.45, 2.75) is 0 Å². The standard InChI is InChI=1S/C8H7ClN2O/c1-11-8-3-5(12)2-7(9)6(8)4-10-11/h2-4,12H,1H3. The zero-order chi connectivity index (χ0) is 8.72. The highest BCUT2D eigenvalue weighted by Gasteiger charge is 2.04. The molecule has 0 spiro atoms. The minimum atomic E-state index is 0.163. The van der Waals surface area contributed by atoms with Crippen LogP contribution in [0.4, 0.5) is 0 Å². The van der Waals surface area contributed by atoms with Crippen LogP contribution in [0.1, 0.15) is 0 Å². The van der Waals surface area contributed by atoms with E-state index in [0.717, 1.165) is 10.9 Å². The molecule has 3 nitrogen and oxygen atoms in total. The fourth-order valence-electron chi connectivity index (χ4n) is 1.19. The third kappa shape index (κ3) is 0.940. The molecule has 12 heavy (non-hydrogen) atoms. The monoisotopic (exact) mass is 182 g/mol. The van der Waals surface area contributed by atoms with Crippen molar-refractivity contribution in [1.29, 1.82) is 0 Å². The average molecular weight is 183 g/mol. The van der Waals surface area contributed by atoms with Gasteiger partial charge in [-0.2, -0.15) is 5.10 Å². The number of phenols is 1. The second-order valence-electron chi connectivity index (χ2n) is 2.63. The van der Waals surface area contributed by atoms with Gasteiger partial charge in [-0.05, 0) is 6.07 Å². The second-order valence-corrected chi connectivity index (χ2v) is 3.04. The largest absolute Gasteiger partial charge is 0.508 e. The SMILES string of the molecule is Cn1ncc2c(Cl)cc(O)cc21. The lowest BCUT2D eigenvalue weighted by molar-refractivity contribution is 0.476. The number of phenolic OH excluding ortho intramolecular Hbond substituents is 1. The summed E-state index contributed by atoms with van der Waals surface area (Å²) in [6.45, 7) is 0. The lowest BCUT2D eigenvalue weighted by atomic mass is 10.2. The molecule has 2 aromatic rings. The molecule has 0 radical (unpaired) electrons. The number of hydrogen-bond acceptors (Lipinski definition) is 2. The highest BCUT2D eigenvalue weighted by Crippen LogP contribution is 2.27. The van der Waals surface area contributed by atoms with Crippen LogP contribution in [0.3, 0.4) is 0 Å². The van der Waals surface area contributed by atoms with Gasteiger partial charge in [-0.1, -0.05) is 11.6 Å². The molecule has 1 aromatic carbocycles. The van der Waals surface area contributed by atoms with E-state index in [0.29, 0.717) is 5.02 Å². The van der Waals surface area contributed by atoms with Crippen LogP contribution in [0, 0.1) is 0 Å². The molecule has 0 saturated carbocycles. The van der Waals surface area contributed by atoms with E-state index in [2.05, 4.69) is 5.10 Å². The van der Waals surface area contributed by atoms with Gasteiger partial charge < -0.3 is 5.11 Å². The van der Waals surface area contributed by atoms with Crippen molar-refractivity contribution < 1.29 is 5.11 Å². The molecule has 0 saturated heterocycles. The zero-order valence-electron chi connectivity index (χ0n) is 6.45. The van der Waals surface area contributed by atoms with E-state index < -0.39 is 0 Å². The van der Waals surface area contributed by atoms with Crippen molar-refractivity contribution in [2.24, 2.45) is 7.05 Å². The average Bonchev–Trinajstić information content (AvgIpc) is 2.33. The van der Waals surface area contributed by atoms with Crippen LogP contribution in [-0.2, 0) is 7.05 Å². The van der Waals surface area contributed by atoms with Gasteiger partial charge >= 0.3 is 0 Å². The van der Waals surface area contributed by atoms with E-state index in [4.69, 9.17) is 11.6 Å². The Morgan fingerprint density at radius 2 is 2.25 bits per heavy atom. The minimum absolute atomic E-state index is 0.163. The lowest BCUT2D eigenvalue weighted by Gasteiger charge is -1.97. The summed E-state index contributed by atoms with van der Waals surface area (Å²) in [5, 5.41) is 14.6. The van der Waals surface area contributed by atoms with Gasteiger partial charge in [-0.3, -0.25) is 4.68 Å². The van der Waals surface area contributed by atoms with E-state index in [1.54, 1.807) is 24.0 Å². The number of rotatable bonds is 0. The maximum absolute atomic E-state index is 9.23. The lowest BCUT2D eigenvalue weighted by Crippen LogP contribution is -1.87. The van der Waals surface area contributed by atoms with Gasteiger partial charge in [0.2, 0.25) is 0 Å². The minimum Gasteiger partial charge on any atom is -0.508 e. The smallest absolute Gasteiger partial charge is 0.119 e. The molecule has 4 heteroatoms. The van der Waals surface area contributed by atoms with Gasteiger partial charge in [0, 0.05) is 18.5 Å². The summed E-state index contributed by atoms with van der Waals surface area (Å²) in [6.07, 6.45) is 1.68. The molecule has 0 unspecified atom stereocenters. The molecule has 0 aliphatic heterocycles. The van der Waals surface area contributed by atoms with Crippen LogP contribution in [0.25, 0.3) is 10.9 Å². The van der Waals surface area contributed by atoms with E-state index in [-0.39, 0.29) is 5.75 Å². The summed E-state index contributed by atoms with van der Waals surface area (Å²) < 4.78 is 1.67. The molecule has 0 amide bonds. The molecule has 0 fully saturated rings. The predicted octanol–water partition coefficient (Wildman–Crippen LogP) is 1.93. The molecule has 0 aliphatic carbocycles. The number of aryl methyl sites for hydroxylation is 1. The summed E-state index contributed by atoms with van der Waals surface area (Å²) in [5.41, 5.74) is 0.833. The third-order valence-corrected chi connectivity index (χ3v) is 2.11. The van der Waals surface area contributed by atoms with Crippen molar-refractivity contribution in [2.75, 3.05) is 0 Å². The molecule has 1 aromatic heterocycles. The van der Waals surface area contributed by atoms with Gasteiger partial charge in [0.25, 0.3) is 0 Å². The first-order valence-corrected chi connectivity index (χ1v) is 3.86. The predicted molar refractivity (Wildman–Crippen MR) is 47.4 cm³/mol. The quantitative estimate of drug-likeness (QED) is 0.676. The maximum atomic E-state index is 9.23. The fourth-order valence-corrected chi connectivity index (χ4v) is 1.45. The number of nitrogens with zero attached hydrogens (tertiary/aromatic N) is 2. The van der Waals surface area contributed by atoms with Crippen LogP contribution >= 0.6 is 11.6 Å². The Labute approximate surface area is 74.2 Å². The van der Waals surface area contributed by atoms with Crippen LogP contribution in [0.15, 0.2) is 18.3 Å². The van der Waals surface area contributed by atoms with Crippen molar-refractivity contribution in [1.82, 2.24) is 9.78 Å². The summed E-state index contributed by atoms with van der Waals surface area (Å²) in [5.74, 6) is 0.163. The molecular weight excluding hydrogens is 176 g/mol. The van der Waals surface area contributed by atoms with E-state index >= 15 is 0 Å². The fraction of sp³-hybridized carbons (Fsp3) is 0.125. The molecule has 1 N–H and O–H groups in total. The highest BCUT2D eigenvalue weighted by atomic mass is 35.5. The summed E-state index contributed by atoms with van der Waals surface area (Å²) in [7, 11) is 1.80. The number of aromatic hydroxyl groups is 1. The molecule has 0 bridgehead atoms. The summed E-state index contributed by atoms with van der Waals surface area (Å²) in [4.78, 5) is 0. The number of halogens is 1. The normalized spacial score (nSPS) is 10.8. The second kappa shape index (κ2) is 2.38. The van der Waals surface area contributed by atoms with Gasteiger partial charge in [0.05, 0.1) is 16.7 Å². The maximum Gasteiger partial charge on any atom is 0.119 e. The van der Waals surface area contributed by atoms with Crippen molar-refractivity contribution >= 4 is 22.5 Å². The Morgan fingerprint density at radius 3 is 3.00 bits per heavy atom. The van der Waals surface area contributed by atoms with Crippen LogP contribution in [-0.4, -0.2) is 14.9 Å². The van der Waals surface area contributed by atoms with E-state index in [1.807, 2.05) is 0 Å². The number of benzene rings is 1. The van der Waals surface area contributed by atoms with Crippen molar-refractivity contribution in [3.05, 3.63) is 23.4 Å². The first-order chi connectivity index (χ1) is 5.68. The van der Waals surface area contributed by atoms with Crippen LogP contribution in [0.2, 0.25) is 5.02 Å². The van der Waals surface area contributed by atoms with Gasteiger partial charge in [0.15, 0.2) is 0 Å². The Kier molecular flexibility index (Phi) is 1.48. The Bertz CT molecular complexity index is 436. The number of hydrogen-bond donors (Lipinski definition) is 1. The molecular formula is C8H7ClN2O. The van der Waals surface area contributed by atoms with Gasteiger partial charge in [-0.15, -0.1) is 0 Å². The van der Waals surface area contributed by atoms with Gasteiger partial charge in [0.1, 0.15) is 5.75 Å². The topological polar surface area (TPSA) is 38.0 Å². The third-order valence-electron chi connectivity index (χ3n) is 1.80. The Balaban J connectivity index is 2.92. The zero-order valence-corrected chi connectivity index (χ0v) is 7.21. The summed E-state index contributed by atoms with van der Waals surface area (Å²) >= 11 is 5.86. The number of aromatic nitrogens is 2. The molecule has 2 rings (SSSR count). The van der Waals surface area contributed by atoms with Crippen LogP contribution < -0.4 is 0 Å². The number of fused-ring (bicyclic) bond motifs is 1. The Hall–Kier alpha value is -1.22. The summed E-state index contributed by atoms with van der Waals surface area (Å²) in [6, 6.07) is 3.14. The van der Waals surface area contributed by atoms with Crippen LogP contribution in [0.5, 0.6) is 5.75 Å². The van der Waals surface area contributed by atoms with E-state index in [9.17, 15) is 5.11 Å². The first-order valence-electron chi connectivity index (χ1n) is 3.48. The first kappa shape index (κ1) is 7.43. The van der Waals surface area contributed by atoms with Crippen molar-refractivity contribution in [3.63, 3.8) is 0 Å². The van der Waals surface area contributed by atoms with E-state index in [1.165, 1.54) is 6.07 Å². The molecule has 62 valence electrons. The highest BCUT2D eigenvalue weighted by molar-refractivity contribution is 6.35. The molecule has 0 atom stereocenters. The molecule has 1 heterocycles. The molecule has 0 aliphatic rings.